The van der Waals surface area contributed by atoms with E-state index in [1.165, 1.54) is 22.2 Å². The summed E-state index contributed by atoms with van der Waals surface area (Å²) in [5.41, 5.74) is 4.32. The molecule has 1 unspecified atom stereocenters. The van der Waals surface area contributed by atoms with Gasteiger partial charge in [0.15, 0.2) is 0 Å². The number of rotatable bonds is 1. The number of fused-ring (bicyclic) bond motifs is 3. The fraction of sp³-hybridized carbons (Fsp3) is 0.222. The molecule has 19 heavy (non-hydrogen) atoms. The maximum absolute atomic E-state index is 2.55. The second-order valence-electron chi connectivity index (χ2n) is 5.30. The standard InChI is InChI=1S/C18H17N/c1-2-8-14(9-3-1)19-17-12-6-4-10-15(17)16-11-5-7-13-18(16)19/h1-6,8,10-12,14H,7,9,13H2. The maximum atomic E-state index is 2.55. The first-order valence-electron chi connectivity index (χ1n) is 7.07. The average Bonchev–Trinajstić information content (AvgIpc) is 2.83. The molecule has 0 N–H and O–H groups in total. The summed E-state index contributed by atoms with van der Waals surface area (Å²) in [6.07, 6.45) is 16.9. The maximum Gasteiger partial charge on any atom is 0.0557 e. The Balaban J connectivity index is 2.01. The van der Waals surface area contributed by atoms with Crippen molar-refractivity contribution in [1.29, 1.82) is 0 Å². The van der Waals surface area contributed by atoms with Crippen LogP contribution in [0.5, 0.6) is 0 Å². The molecule has 0 bridgehead atoms. The minimum atomic E-state index is 0.477. The van der Waals surface area contributed by atoms with E-state index in [0.29, 0.717) is 6.04 Å². The number of aromatic nitrogens is 1. The van der Waals surface area contributed by atoms with Gasteiger partial charge in [-0.15, -0.1) is 0 Å². The Kier molecular flexibility index (Phi) is 2.44. The smallest absolute Gasteiger partial charge is 0.0557 e. The minimum absolute atomic E-state index is 0.477. The fourth-order valence-electron chi connectivity index (χ4n) is 3.34. The number of para-hydroxylation sites is 1. The second-order valence-corrected chi connectivity index (χ2v) is 5.30. The predicted octanol–water partition coefficient (Wildman–Crippen LogP) is 4.66. The lowest BCUT2D eigenvalue weighted by atomic mass is 10.0. The van der Waals surface area contributed by atoms with E-state index in [9.17, 15) is 0 Å². The molecule has 1 heteroatoms. The molecule has 94 valence electrons. The highest BCUT2D eigenvalue weighted by molar-refractivity contribution is 5.92. The molecule has 0 saturated carbocycles. The summed E-state index contributed by atoms with van der Waals surface area (Å²) in [5, 5.41) is 1.40. The van der Waals surface area contributed by atoms with E-state index in [2.05, 4.69) is 65.3 Å². The van der Waals surface area contributed by atoms with E-state index in [0.717, 1.165) is 19.3 Å². The highest BCUT2D eigenvalue weighted by atomic mass is 15.0. The molecule has 1 heterocycles. The SMILES string of the molecule is C1=CCC(n2c3c(c4ccccc42)C=CCC3)C=C1. The van der Waals surface area contributed by atoms with E-state index in [1.54, 1.807) is 0 Å². The van der Waals surface area contributed by atoms with Gasteiger partial charge >= 0.3 is 0 Å². The van der Waals surface area contributed by atoms with Crippen molar-refractivity contribution in [3.05, 3.63) is 65.9 Å². The molecule has 0 spiro atoms. The molecule has 1 atom stereocenters. The monoisotopic (exact) mass is 247 g/mol. The Morgan fingerprint density at radius 1 is 1.05 bits per heavy atom. The van der Waals surface area contributed by atoms with Crippen molar-refractivity contribution in [3.8, 4) is 0 Å². The highest BCUT2D eigenvalue weighted by Crippen LogP contribution is 2.35. The lowest BCUT2D eigenvalue weighted by Crippen LogP contribution is -2.11. The van der Waals surface area contributed by atoms with Crippen molar-refractivity contribution in [2.24, 2.45) is 0 Å². The molecule has 2 aromatic rings. The molecule has 0 radical (unpaired) electrons. The molecule has 2 aliphatic rings. The largest absolute Gasteiger partial charge is 0.337 e. The van der Waals surface area contributed by atoms with Gasteiger partial charge < -0.3 is 4.57 Å². The fourth-order valence-corrected chi connectivity index (χ4v) is 3.34. The van der Waals surface area contributed by atoms with Gasteiger partial charge in [0.05, 0.1) is 6.04 Å². The van der Waals surface area contributed by atoms with Crippen molar-refractivity contribution in [3.63, 3.8) is 0 Å². The van der Waals surface area contributed by atoms with Crippen LogP contribution < -0.4 is 0 Å². The van der Waals surface area contributed by atoms with Crippen LogP contribution in [0.4, 0.5) is 0 Å². The summed E-state index contributed by atoms with van der Waals surface area (Å²) >= 11 is 0. The first-order valence-corrected chi connectivity index (χ1v) is 7.07. The molecular weight excluding hydrogens is 230 g/mol. The molecule has 0 aliphatic heterocycles. The first-order chi connectivity index (χ1) is 9.45. The lowest BCUT2D eigenvalue weighted by molar-refractivity contribution is 0.599. The van der Waals surface area contributed by atoms with Gasteiger partial charge in [0.25, 0.3) is 0 Å². The Morgan fingerprint density at radius 2 is 2.00 bits per heavy atom. The Hall–Kier alpha value is -2.02. The van der Waals surface area contributed by atoms with Crippen LogP contribution in [0.1, 0.15) is 30.1 Å². The van der Waals surface area contributed by atoms with Gasteiger partial charge in [0, 0.05) is 22.2 Å². The van der Waals surface area contributed by atoms with E-state index in [4.69, 9.17) is 0 Å². The van der Waals surface area contributed by atoms with Crippen molar-refractivity contribution < 1.29 is 0 Å². The number of allylic oxidation sites excluding steroid dienone is 5. The molecule has 1 aromatic heterocycles. The van der Waals surface area contributed by atoms with Crippen molar-refractivity contribution in [2.45, 2.75) is 25.3 Å². The second kappa shape index (κ2) is 4.27. The molecule has 2 aliphatic carbocycles. The Bertz CT molecular complexity index is 713. The van der Waals surface area contributed by atoms with E-state index < -0.39 is 0 Å². The van der Waals surface area contributed by atoms with Gasteiger partial charge in [-0.05, 0) is 25.3 Å². The minimum Gasteiger partial charge on any atom is -0.337 e. The van der Waals surface area contributed by atoms with Crippen LogP contribution >= 0.6 is 0 Å². The van der Waals surface area contributed by atoms with Crippen LogP contribution in [0.2, 0.25) is 0 Å². The Morgan fingerprint density at radius 3 is 2.89 bits per heavy atom. The third kappa shape index (κ3) is 1.61. The quantitative estimate of drug-likeness (QED) is 0.690. The summed E-state index contributed by atoms with van der Waals surface area (Å²) in [7, 11) is 0. The molecule has 4 rings (SSSR count). The van der Waals surface area contributed by atoms with E-state index in [-0.39, 0.29) is 0 Å². The Labute approximate surface area is 113 Å². The summed E-state index contributed by atoms with van der Waals surface area (Å²) in [4.78, 5) is 0. The summed E-state index contributed by atoms with van der Waals surface area (Å²) < 4.78 is 2.55. The van der Waals surface area contributed by atoms with Crippen LogP contribution in [0.15, 0.2) is 54.6 Å². The van der Waals surface area contributed by atoms with Crippen LogP contribution in [0.25, 0.3) is 17.0 Å². The molecule has 0 amide bonds. The van der Waals surface area contributed by atoms with Crippen LogP contribution in [0, 0.1) is 0 Å². The van der Waals surface area contributed by atoms with E-state index >= 15 is 0 Å². The summed E-state index contributed by atoms with van der Waals surface area (Å²) in [6.45, 7) is 0. The van der Waals surface area contributed by atoms with Gasteiger partial charge in [0.1, 0.15) is 0 Å². The van der Waals surface area contributed by atoms with Crippen molar-refractivity contribution >= 4 is 17.0 Å². The van der Waals surface area contributed by atoms with Gasteiger partial charge in [0.2, 0.25) is 0 Å². The zero-order chi connectivity index (χ0) is 12.7. The molecule has 0 fully saturated rings. The first kappa shape index (κ1) is 10.9. The number of hydrogen-bond donors (Lipinski definition) is 0. The summed E-state index contributed by atoms with van der Waals surface area (Å²) in [5.74, 6) is 0. The lowest BCUT2D eigenvalue weighted by Gasteiger charge is -2.21. The zero-order valence-electron chi connectivity index (χ0n) is 10.9. The van der Waals surface area contributed by atoms with Crippen molar-refractivity contribution in [2.75, 3.05) is 0 Å². The zero-order valence-corrected chi connectivity index (χ0v) is 10.9. The number of benzene rings is 1. The van der Waals surface area contributed by atoms with Crippen LogP contribution in [-0.2, 0) is 6.42 Å². The summed E-state index contributed by atoms with van der Waals surface area (Å²) in [6, 6.07) is 9.28. The number of nitrogens with zero attached hydrogens (tertiary/aromatic N) is 1. The van der Waals surface area contributed by atoms with Gasteiger partial charge in [-0.25, -0.2) is 0 Å². The average molecular weight is 247 g/mol. The van der Waals surface area contributed by atoms with Gasteiger partial charge in [-0.1, -0.05) is 54.7 Å². The normalized spacial score (nSPS) is 20.9. The molecule has 1 aromatic carbocycles. The highest BCUT2D eigenvalue weighted by Gasteiger charge is 2.20. The third-order valence-corrected chi connectivity index (χ3v) is 4.18. The van der Waals surface area contributed by atoms with Crippen LogP contribution in [-0.4, -0.2) is 4.57 Å². The van der Waals surface area contributed by atoms with Crippen molar-refractivity contribution in [1.82, 2.24) is 4.57 Å². The predicted molar refractivity (Wildman–Crippen MR) is 81.2 cm³/mol. The number of hydrogen-bond acceptors (Lipinski definition) is 0. The van der Waals surface area contributed by atoms with E-state index in [1.807, 2.05) is 0 Å². The topological polar surface area (TPSA) is 4.93 Å². The van der Waals surface area contributed by atoms with Crippen LogP contribution in [0.3, 0.4) is 0 Å². The molecule has 1 nitrogen and oxygen atoms in total. The molecule has 0 saturated heterocycles. The third-order valence-electron chi connectivity index (χ3n) is 4.18. The van der Waals surface area contributed by atoms with Gasteiger partial charge in [-0.3, -0.25) is 0 Å². The van der Waals surface area contributed by atoms with Gasteiger partial charge in [-0.2, -0.15) is 0 Å². The molecular formula is C18H17N.